The minimum atomic E-state index is 0.676. The maximum absolute atomic E-state index is 5.38. The summed E-state index contributed by atoms with van der Waals surface area (Å²) in [6, 6.07) is 8.49. The summed E-state index contributed by atoms with van der Waals surface area (Å²) >= 11 is 0. The van der Waals surface area contributed by atoms with Crippen molar-refractivity contribution in [2.24, 2.45) is 5.73 Å². The second-order valence-electron chi connectivity index (χ2n) is 3.82. The van der Waals surface area contributed by atoms with Crippen LogP contribution in [0.2, 0.25) is 0 Å². The van der Waals surface area contributed by atoms with Crippen molar-refractivity contribution >= 4 is 6.08 Å². The van der Waals surface area contributed by atoms with E-state index in [0.717, 1.165) is 6.42 Å². The number of benzene rings is 1. The Balaban J connectivity index is 0.000000128. The van der Waals surface area contributed by atoms with Crippen molar-refractivity contribution < 1.29 is 0 Å². The van der Waals surface area contributed by atoms with Gasteiger partial charge in [0.15, 0.2) is 0 Å². The fraction of sp³-hybridized carbons (Fsp3) is 0.0667. The number of hydrogen-bond donors (Lipinski definition) is 2. The first-order valence-corrected chi connectivity index (χ1v) is 5.66. The molecule has 0 aromatic heterocycles. The van der Waals surface area contributed by atoms with Crippen molar-refractivity contribution in [3.63, 3.8) is 0 Å². The van der Waals surface area contributed by atoms with Crippen LogP contribution in [-0.2, 0) is 6.42 Å². The zero-order valence-corrected chi connectivity index (χ0v) is 9.64. The maximum Gasteiger partial charge on any atom is 0.1000 e. The molecule has 0 spiro atoms. The molecule has 1 aromatic carbocycles. The lowest BCUT2D eigenvalue weighted by Gasteiger charge is -1.93. The van der Waals surface area contributed by atoms with Gasteiger partial charge in [0.1, 0.15) is 0 Å². The average Bonchev–Trinajstić information content (AvgIpc) is 2.71. The predicted octanol–water partition coefficient (Wildman–Crippen LogP) is 2.72. The lowest BCUT2D eigenvalue weighted by atomic mass is 10.1. The molecule has 0 fully saturated rings. The summed E-state index contributed by atoms with van der Waals surface area (Å²) in [5.41, 5.74) is 8.22. The van der Waals surface area contributed by atoms with Crippen LogP contribution in [-0.4, -0.2) is 0 Å². The third kappa shape index (κ3) is 3.38. The van der Waals surface area contributed by atoms with Gasteiger partial charge in [-0.1, -0.05) is 48.6 Å². The zero-order valence-electron chi connectivity index (χ0n) is 9.64. The number of rotatable bonds is 0. The summed E-state index contributed by atoms with van der Waals surface area (Å²) in [6.45, 7) is 0. The van der Waals surface area contributed by atoms with Crippen LogP contribution >= 0.6 is 0 Å². The Kier molecular flexibility index (Phi) is 3.81. The molecular formula is C15H16N2. The number of hydrogen-bond acceptors (Lipinski definition) is 2. The normalized spacial score (nSPS) is 15.2. The molecule has 17 heavy (non-hydrogen) atoms. The lowest BCUT2D eigenvalue weighted by Crippen LogP contribution is -2.12. The van der Waals surface area contributed by atoms with Crippen molar-refractivity contribution in [3.8, 4) is 0 Å². The van der Waals surface area contributed by atoms with E-state index in [1.165, 1.54) is 11.1 Å². The summed E-state index contributed by atoms with van der Waals surface area (Å²) < 4.78 is 0. The highest BCUT2D eigenvalue weighted by Gasteiger charge is 2.00. The standard InChI is InChI=1S/C9H8.C6H8N2/c1-2-5-9-7-3-6-8(9)4-1;7-6-4-2-1-3-5-8-6/h1-6H,7H2;1-5,8H,7H2. The molecule has 3 N–H and O–H groups in total. The number of allylic oxidation sites excluding steroid dienone is 5. The maximum atomic E-state index is 5.38. The number of nitrogens with one attached hydrogen (secondary N) is 1. The largest absolute Gasteiger partial charge is 0.385 e. The van der Waals surface area contributed by atoms with E-state index >= 15 is 0 Å². The molecule has 0 unspecified atom stereocenters. The van der Waals surface area contributed by atoms with Gasteiger partial charge in [-0.25, -0.2) is 0 Å². The van der Waals surface area contributed by atoms with Crippen molar-refractivity contribution in [3.05, 3.63) is 77.8 Å². The van der Waals surface area contributed by atoms with Crippen molar-refractivity contribution in [1.29, 1.82) is 0 Å². The van der Waals surface area contributed by atoms with Gasteiger partial charge < -0.3 is 11.1 Å². The van der Waals surface area contributed by atoms with Gasteiger partial charge in [0.2, 0.25) is 0 Å². The van der Waals surface area contributed by atoms with Gasteiger partial charge in [-0.2, -0.15) is 0 Å². The Morgan fingerprint density at radius 3 is 2.82 bits per heavy atom. The summed E-state index contributed by atoms with van der Waals surface area (Å²) in [5.74, 6) is 0.676. The molecule has 0 saturated carbocycles. The predicted molar refractivity (Wildman–Crippen MR) is 72.9 cm³/mol. The molecule has 0 amide bonds. The highest BCUT2D eigenvalue weighted by Crippen LogP contribution is 2.17. The van der Waals surface area contributed by atoms with Crippen LogP contribution in [0.3, 0.4) is 0 Å². The second kappa shape index (κ2) is 5.75. The highest BCUT2D eigenvalue weighted by atomic mass is 15.0. The van der Waals surface area contributed by atoms with Gasteiger partial charge in [0.05, 0.1) is 5.82 Å². The SMILES string of the molecule is C1=Cc2ccccc2C1.NC1=CC=CC=CN1. The Hall–Kier alpha value is -2.22. The first kappa shape index (κ1) is 11.3. The van der Waals surface area contributed by atoms with Crippen molar-refractivity contribution in [1.82, 2.24) is 5.32 Å². The molecular weight excluding hydrogens is 208 g/mol. The number of fused-ring (bicyclic) bond motifs is 1. The van der Waals surface area contributed by atoms with Crippen LogP contribution in [0, 0.1) is 0 Å². The van der Waals surface area contributed by atoms with Crippen molar-refractivity contribution in [2.75, 3.05) is 0 Å². The van der Waals surface area contributed by atoms with E-state index in [0.29, 0.717) is 5.82 Å². The molecule has 1 heterocycles. The summed E-state index contributed by atoms with van der Waals surface area (Å²) in [7, 11) is 0. The van der Waals surface area contributed by atoms with E-state index < -0.39 is 0 Å². The monoisotopic (exact) mass is 224 g/mol. The first-order valence-electron chi connectivity index (χ1n) is 5.66. The Morgan fingerprint density at radius 2 is 1.94 bits per heavy atom. The minimum absolute atomic E-state index is 0.676. The molecule has 1 aliphatic carbocycles. The van der Waals surface area contributed by atoms with E-state index in [1.807, 2.05) is 18.2 Å². The Bertz CT molecular complexity index is 493. The van der Waals surface area contributed by atoms with Gasteiger partial charge in [-0.05, 0) is 29.7 Å². The summed E-state index contributed by atoms with van der Waals surface area (Å²) in [6.07, 6.45) is 14.8. The molecule has 2 heteroatoms. The van der Waals surface area contributed by atoms with Gasteiger partial charge >= 0.3 is 0 Å². The molecule has 86 valence electrons. The second-order valence-corrected chi connectivity index (χ2v) is 3.82. The Morgan fingerprint density at radius 1 is 1.06 bits per heavy atom. The average molecular weight is 224 g/mol. The fourth-order valence-corrected chi connectivity index (χ4v) is 1.67. The Labute approximate surface area is 102 Å². The van der Waals surface area contributed by atoms with Gasteiger partial charge in [0.25, 0.3) is 0 Å². The van der Waals surface area contributed by atoms with Gasteiger partial charge in [-0.15, -0.1) is 0 Å². The van der Waals surface area contributed by atoms with Crippen LogP contribution in [0.25, 0.3) is 6.08 Å². The van der Waals surface area contributed by atoms with Gasteiger partial charge in [0, 0.05) is 6.20 Å². The molecule has 0 radical (unpaired) electrons. The zero-order chi connectivity index (χ0) is 11.9. The number of nitrogens with two attached hydrogens (primary N) is 1. The molecule has 2 aliphatic rings. The molecule has 0 saturated heterocycles. The molecule has 0 atom stereocenters. The minimum Gasteiger partial charge on any atom is -0.385 e. The van der Waals surface area contributed by atoms with E-state index in [-0.39, 0.29) is 0 Å². The third-order valence-electron chi connectivity index (χ3n) is 2.53. The molecule has 1 aromatic rings. The van der Waals surface area contributed by atoms with Crippen LogP contribution in [0.4, 0.5) is 0 Å². The smallest absolute Gasteiger partial charge is 0.1000 e. The van der Waals surface area contributed by atoms with Gasteiger partial charge in [-0.3, -0.25) is 0 Å². The van der Waals surface area contributed by atoms with E-state index in [1.54, 1.807) is 12.3 Å². The quantitative estimate of drug-likeness (QED) is 0.711. The van der Waals surface area contributed by atoms with Crippen LogP contribution in [0.1, 0.15) is 11.1 Å². The van der Waals surface area contributed by atoms with Crippen molar-refractivity contribution in [2.45, 2.75) is 6.42 Å². The lowest BCUT2D eigenvalue weighted by molar-refractivity contribution is 1.03. The molecule has 1 aliphatic heterocycles. The summed E-state index contributed by atoms with van der Waals surface area (Å²) in [4.78, 5) is 0. The van der Waals surface area contributed by atoms with Crippen LogP contribution in [0.5, 0.6) is 0 Å². The molecule has 2 nitrogen and oxygen atoms in total. The fourth-order valence-electron chi connectivity index (χ4n) is 1.67. The van der Waals surface area contributed by atoms with Crippen LogP contribution in [0.15, 0.2) is 66.7 Å². The van der Waals surface area contributed by atoms with E-state index in [2.05, 4.69) is 41.7 Å². The van der Waals surface area contributed by atoms with E-state index in [9.17, 15) is 0 Å². The topological polar surface area (TPSA) is 38.0 Å². The van der Waals surface area contributed by atoms with Crippen LogP contribution < -0.4 is 11.1 Å². The van der Waals surface area contributed by atoms with E-state index in [4.69, 9.17) is 5.73 Å². The molecule has 0 bridgehead atoms. The third-order valence-corrected chi connectivity index (χ3v) is 2.53. The highest BCUT2D eigenvalue weighted by molar-refractivity contribution is 5.59. The first-order chi connectivity index (χ1) is 8.36. The summed E-state index contributed by atoms with van der Waals surface area (Å²) in [5, 5.41) is 2.84. The molecule has 3 rings (SSSR count).